The third kappa shape index (κ3) is 6.27. The predicted molar refractivity (Wildman–Crippen MR) is 124 cm³/mol. The number of nitrogens with one attached hydrogen (secondary N) is 2. The summed E-state index contributed by atoms with van der Waals surface area (Å²) < 4.78 is 22.3. The first kappa shape index (κ1) is 22.2. The summed E-state index contributed by atoms with van der Waals surface area (Å²) in [6, 6.07) is 14.2. The Balaban J connectivity index is 1.21. The van der Waals surface area contributed by atoms with Crippen molar-refractivity contribution in [1.29, 1.82) is 0 Å². The van der Waals surface area contributed by atoms with Crippen LogP contribution in [0.1, 0.15) is 11.1 Å². The zero-order valence-corrected chi connectivity index (χ0v) is 18.6. The van der Waals surface area contributed by atoms with Gasteiger partial charge in [0.05, 0.1) is 13.2 Å². The van der Waals surface area contributed by atoms with Gasteiger partial charge in [-0.05, 0) is 30.2 Å². The first-order valence-corrected chi connectivity index (χ1v) is 11.2. The first-order chi connectivity index (χ1) is 15.8. The van der Waals surface area contributed by atoms with Crippen LogP contribution in [-0.4, -0.2) is 70.7 Å². The van der Waals surface area contributed by atoms with Crippen molar-refractivity contribution in [2.45, 2.75) is 13.0 Å². The molecule has 2 aromatic rings. The largest absolute Gasteiger partial charge is 0.492 e. The highest BCUT2D eigenvalue weighted by atomic mass is 16.7. The molecule has 0 aliphatic carbocycles. The first-order valence-electron chi connectivity index (χ1n) is 11.2. The average Bonchev–Trinajstić information content (AvgIpc) is 3.31. The number of rotatable bonds is 9. The normalized spacial score (nSPS) is 16.1. The molecule has 1 saturated heterocycles. The quantitative estimate of drug-likeness (QED) is 0.456. The molecule has 8 heteroatoms. The van der Waals surface area contributed by atoms with Gasteiger partial charge in [0.1, 0.15) is 12.4 Å². The van der Waals surface area contributed by atoms with Crippen LogP contribution >= 0.6 is 0 Å². The highest BCUT2D eigenvalue weighted by Gasteiger charge is 2.13. The molecule has 1 fully saturated rings. The molecule has 0 saturated carbocycles. The molecule has 8 nitrogen and oxygen atoms in total. The van der Waals surface area contributed by atoms with Crippen LogP contribution in [0, 0.1) is 0 Å². The highest BCUT2D eigenvalue weighted by Crippen LogP contribution is 2.32. The van der Waals surface area contributed by atoms with Crippen molar-refractivity contribution in [3.05, 3.63) is 53.6 Å². The Morgan fingerprint density at radius 2 is 1.91 bits per heavy atom. The van der Waals surface area contributed by atoms with Crippen LogP contribution in [0.2, 0.25) is 0 Å². The molecule has 0 radical (unpaired) electrons. The molecule has 2 aromatic carbocycles. The van der Waals surface area contributed by atoms with Crippen LogP contribution in [0.3, 0.4) is 0 Å². The van der Waals surface area contributed by atoms with Gasteiger partial charge in [-0.2, -0.15) is 0 Å². The van der Waals surface area contributed by atoms with Gasteiger partial charge < -0.3 is 29.6 Å². The number of nitrogens with zero attached hydrogens (tertiary/aromatic N) is 2. The smallest absolute Gasteiger partial charge is 0.231 e. The van der Waals surface area contributed by atoms with E-state index in [4.69, 9.17) is 18.9 Å². The Morgan fingerprint density at radius 1 is 1.06 bits per heavy atom. The fourth-order valence-electron chi connectivity index (χ4n) is 3.72. The van der Waals surface area contributed by atoms with Crippen LogP contribution in [0.5, 0.6) is 17.2 Å². The Hall–Kier alpha value is -2.97. The van der Waals surface area contributed by atoms with Gasteiger partial charge >= 0.3 is 0 Å². The summed E-state index contributed by atoms with van der Waals surface area (Å²) in [6.45, 7) is 6.83. The summed E-state index contributed by atoms with van der Waals surface area (Å²) in [6.07, 6.45) is 0.860. The lowest BCUT2D eigenvalue weighted by Crippen LogP contribution is -2.39. The number of guanidine groups is 1. The number of morpholine rings is 1. The van der Waals surface area contributed by atoms with Crippen LogP contribution in [0.25, 0.3) is 0 Å². The number of benzene rings is 2. The molecule has 4 rings (SSSR count). The van der Waals surface area contributed by atoms with Crippen LogP contribution in [0.15, 0.2) is 47.5 Å². The molecule has 32 heavy (non-hydrogen) atoms. The summed E-state index contributed by atoms with van der Waals surface area (Å²) in [5, 5.41) is 6.75. The fraction of sp³-hybridized carbons (Fsp3) is 0.458. The number of hydrogen-bond acceptors (Lipinski definition) is 6. The van der Waals surface area contributed by atoms with Crippen LogP contribution in [-0.2, 0) is 17.7 Å². The zero-order chi connectivity index (χ0) is 22.0. The third-order valence-corrected chi connectivity index (χ3v) is 5.55. The Kier molecular flexibility index (Phi) is 8.05. The Labute approximate surface area is 189 Å². The summed E-state index contributed by atoms with van der Waals surface area (Å²) in [4.78, 5) is 6.71. The lowest BCUT2D eigenvalue weighted by Gasteiger charge is -2.26. The molecular weight excluding hydrogens is 408 g/mol. The van der Waals surface area contributed by atoms with Gasteiger partial charge in [0.15, 0.2) is 17.5 Å². The maximum Gasteiger partial charge on any atom is 0.231 e. The van der Waals surface area contributed by atoms with Gasteiger partial charge in [-0.1, -0.05) is 24.3 Å². The summed E-state index contributed by atoms with van der Waals surface area (Å²) in [5.74, 6) is 3.29. The molecule has 0 atom stereocenters. The van der Waals surface area contributed by atoms with Gasteiger partial charge in [0.25, 0.3) is 0 Å². The molecule has 2 aliphatic rings. The average molecular weight is 441 g/mol. The Morgan fingerprint density at radius 3 is 2.78 bits per heavy atom. The van der Waals surface area contributed by atoms with E-state index in [1.54, 1.807) is 7.05 Å². The second kappa shape index (κ2) is 11.6. The van der Waals surface area contributed by atoms with Crippen molar-refractivity contribution in [3.63, 3.8) is 0 Å². The third-order valence-electron chi connectivity index (χ3n) is 5.55. The molecule has 2 N–H and O–H groups in total. The summed E-state index contributed by atoms with van der Waals surface area (Å²) >= 11 is 0. The van der Waals surface area contributed by atoms with Crippen molar-refractivity contribution < 1.29 is 18.9 Å². The minimum absolute atomic E-state index is 0.298. The fourth-order valence-corrected chi connectivity index (χ4v) is 3.72. The van der Waals surface area contributed by atoms with E-state index in [2.05, 4.69) is 32.7 Å². The molecule has 0 amide bonds. The molecule has 0 aromatic heterocycles. The van der Waals surface area contributed by atoms with E-state index < -0.39 is 0 Å². The topological polar surface area (TPSA) is 76.6 Å². The van der Waals surface area contributed by atoms with Gasteiger partial charge in [-0.3, -0.25) is 9.89 Å². The molecule has 0 spiro atoms. The number of aliphatic imine (C=N–C) groups is 1. The summed E-state index contributed by atoms with van der Waals surface area (Å²) in [7, 11) is 1.78. The van der Waals surface area contributed by atoms with E-state index in [0.29, 0.717) is 19.9 Å². The zero-order valence-electron chi connectivity index (χ0n) is 18.6. The van der Waals surface area contributed by atoms with Crippen molar-refractivity contribution in [1.82, 2.24) is 15.5 Å². The van der Waals surface area contributed by atoms with Crippen molar-refractivity contribution >= 4 is 5.96 Å². The van der Waals surface area contributed by atoms with E-state index in [-0.39, 0.29) is 0 Å². The SMILES string of the molecule is CN=C(NCCc1ccc2c(c1)OCO2)NCc1ccccc1OCCN1CCOCC1. The molecule has 0 bridgehead atoms. The van der Waals surface area contributed by atoms with Crippen molar-refractivity contribution in [2.24, 2.45) is 4.99 Å². The minimum Gasteiger partial charge on any atom is -0.492 e. The molecule has 2 heterocycles. The van der Waals surface area contributed by atoms with Gasteiger partial charge in [-0.25, -0.2) is 0 Å². The number of para-hydroxylation sites is 1. The monoisotopic (exact) mass is 440 g/mol. The predicted octanol–water partition coefficient (Wildman–Crippen LogP) is 2.03. The second-order valence-electron chi connectivity index (χ2n) is 7.70. The van der Waals surface area contributed by atoms with E-state index in [1.807, 2.05) is 30.3 Å². The maximum atomic E-state index is 6.08. The number of fused-ring (bicyclic) bond motifs is 1. The standard InChI is InChI=1S/C24H32N4O4/c1-25-24(26-9-8-19-6-7-22-23(16-19)32-18-31-22)27-17-20-4-2-3-5-21(20)30-15-12-28-10-13-29-14-11-28/h2-7,16H,8-15,17-18H2,1H3,(H2,25,26,27). The molecular formula is C24H32N4O4. The van der Waals surface area contributed by atoms with Crippen molar-refractivity contribution in [2.75, 3.05) is 59.8 Å². The summed E-state index contributed by atoms with van der Waals surface area (Å²) in [5.41, 5.74) is 2.30. The number of hydrogen-bond donors (Lipinski definition) is 2. The minimum atomic E-state index is 0.298. The van der Waals surface area contributed by atoms with Gasteiger partial charge in [-0.15, -0.1) is 0 Å². The lowest BCUT2D eigenvalue weighted by molar-refractivity contribution is 0.0322. The van der Waals surface area contributed by atoms with E-state index in [1.165, 1.54) is 5.56 Å². The van der Waals surface area contributed by atoms with E-state index >= 15 is 0 Å². The Bertz CT molecular complexity index is 899. The van der Waals surface area contributed by atoms with Gasteiger partial charge in [0.2, 0.25) is 6.79 Å². The van der Waals surface area contributed by atoms with Crippen LogP contribution < -0.4 is 24.8 Å². The van der Waals surface area contributed by atoms with E-state index in [9.17, 15) is 0 Å². The second-order valence-corrected chi connectivity index (χ2v) is 7.70. The van der Waals surface area contributed by atoms with Gasteiger partial charge in [0, 0.05) is 45.3 Å². The molecule has 172 valence electrons. The molecule has 0 unspecified atom stereocenters. The number of ether oxygens (including phenoxy) is 4. The molecule has 2 aliphatic heterocycles. The van der Waals surface area contributed by atoms with Crippen molar-refractivity contribution in [3.8, 4) is 17.2 Å². The van der Waals surface area contributed by atoms with Crippen LogP contribution in [0.4, 0.5) is 0 Å². The maximum absolute atomic E-state index is 6.08. The van der Waals surface area contributed by atoms with E-state index in [0.717, 1.165) is 74.6 Å². The lowest BCUT2D eigenvalue weighted by atomic mass is 10.1. The highest BCUT2D eigenvalue weighted by molar-refractivity contribution is 5.79.